The number of fused-ring (bicyclic) bond motifs is 2. The molecule has 3 heterocycles. The molecule has 2 aliphatic rings. The number of hydrogen-bond donors (Lipinski definition) is 0. The zero-order valence-electron chi connectivity index (χ0n) is 19.1. The zero-order chi connectivity index (χ0) is 22.1. The van der Waals surface area contributed by atoms with E-state index in [4.69, 9.17) is 9.84 Å². The molecule has 0 radical (unpaired) electrons. The van der Waals surface area contributed by atoms with Crippen molar-refractivity contribution in [2.45, 2.75) is 38.8 Å². The molecule has 0 spiro atoms. The van der Waals surface area contributed by atoms with E-state index in [9.17, 15) is 4.79 Å². The van der Waals surface area contributed by atoms with Crippen molar-refractivity contribution in [3.8, 4) is 0 Å². The van der Waals surface area contributed by atoms with Gasteiger partial charge in [-0.3, -0.25) is 18.9 Å². The summed E-state index contributed by atoms with van der Waals surface area (Å²) >= 11 is 0. The quantitative estimate of drug-likeness (QED) is 0.589. The fourth-order valence-corrected chi connectivity index (χ4v) is 5.01. The van der Waals surface area contributed by atoms with Gasteiger partial charge in [0.05, 0.1) is 41.8 Å². The van der Waals surface area contributed by atoms with Crippen molar-refractivity contribution in [2.75, 3.05) is 44.8 Å². The van der Waals surface area contributed by atoms with Gasteiger partial charge in [-0.1, -0.05) is 0 Å². The third-order valence-corrected chi connectivity index (χ3v) is 6.90. The Morgan fingerprint density at radius 1 is 1.09 bits per heavy atom. The molecule has 0 N–H and O–H groups in total. The summed E-state index contributed by atoms with van der Waals surface area (Å²) in [7, 11) is 3.73. The van der Waals surface area contributed by atoms with Gasteiger partial charge >= 0.3 is 0 Å². The Morgan fingerprint density at radius 2 is 1.91 bits per heavy atom. The molecule has 0 saturated carbocycles. The van der Waals surface area contributed by atoms with Crippen LogP contribution in [-0.2, 0) is 37.7 Å². The predicted molar refractivity (Wildman–Crippen MR) is 125 cm³/mol. The first-order chi connectivity index (χ1) is 15.6. The summed E-state index contributed by atoms with van der Waals surface area (Å²) in [5.74, 6) is 0. The number of aromatic nitrogens is 4. The molecule has 8 nitrogen and oxygen atoms in total. The fourth-order valence-electron chi connectivity index (χ4n) is 5.01. The molecule has 1 saturated heterocycles. The maximum atomic E-state index is 12.7. The molecular formula is C24H32N6O2. The van der Waals surface area contributed by atoms with Gasteiger partial charge in [0.25, 0.3) is 5.56 Å². The topological polar surface area (TPSA) is 68.4 Å². The number of benzene rings is 1. The molecule has 1 aromatic carbocycles. The summed E-state index contributed by atoms with van der Waals surface area (Å²) in [5, 5.41) is 5.44. The smallest absolute Gasteiger partial charge is 0.261 e. The summed E-state index contributed by atoms with van der Waals surface area (Å²) in [6.07, 6.45) is 6.48. The second-order valence-corrected chi connectivity index (χ2v) is 8.90. The van der Waals surface area contributed by atoms with Gasteiger partial charge in [-0.05, 0) is 49.4 Å². The van der Waals surface area contributed by atoms with Crippen LogP contribution in [-0.4, -0.2) is 64.1 Å². The van der Waals surface area contributed by atoms with Crippen LogP contribution in [0, 0.1) is 0 Å². The monoisotopic (exact) mass is 436 g/mol. The highest BCUT2D eigenvalue weighted by Crippen LogP contribution is 2.26. The number of piperazine rings is 1. The van der Waals surface area contributed by atoms with E-state index in [1.165, 1.54) is 36.2 Å². The van der Waals surface area contributed by atoms with Gasteiger partial charge in [0, 0.05) is 52.6 Å². The lowest BCUT2D eigenvalue weighted by molar-refractivity contribution is 0.186. The minimum atomic E-state index is -0.0112. The van der Waals surface area contributed by atoms with Gasteiger partial charge in [0.15, 0.2) is 0 Å². The number of rotatable bonds is 6. The van der Waals surface area contributed by atoms with Crippen molar-refractivity contribution in [1.82, 2.24) is 24.2 Å². The summed E-state index contributed by atoms with van der Waals surface area (Å²) in [6.45, 7) is 5.97. The highest BCUT2D eigenvalue weighted by molar-refractivity contribution is 5.81. The van der Waals surface area contributed by atoms with Gasteiger partial charge in [-0.2, -0.15) is 5.10 Å². The molecule has 1 aliphatic carbocycles. The number of aryl methyl sites for hydroxylation is 2. The second-order valence-electron chi connectivity index (χ2n) is 8.90. The maximum Gasteiger partial charge on any atom is 0.261 e. The van der Waals surface area contributed by atoms with E-state index >= 15 is 0 Å². The molecule has 8 heteroatoms. The number of hydrogen-bond acceptors (Lipinski definition) is 6. The van der Waals surface area contributed by atoms with Gasteiger partial charge in [-0.15, -0.1) is 0 Å². The molecular weight excluding hydrogens is 404 g/mol. The lowest BCUT2D eigenvalue weighted by atomic mass is 9.95. The highest BCUT2D eigenvalue weighted by atomic mass is 16.5. The van der Waals surface area contributed by atoms with Crippen LogP contribution in [0.5, 0.6) is 0 Å². The van der Waals surface area contributed by atoms with Crippen LogP contribution in [0.15, 0.2) is 29.3 Å². The summed E-state index contributed by atoms with van der Waals surface area (Å²) < 4.78 is 8.80. The van der Waals surface area contributed by atoms with Crippen LogP contribution in [0.4, 0.5) is 5.69 Å². The summed E-state index contributed by atoms with van der Waals surface area (Å²) in [4.78, 5) is 22.1. The molecule has 0 atom stereocenters. The lowest BCUT2D eigenvalue weighted by Gasteiger charge is -2.36. The number of nitrogens with zero attached hydrogens (tertiary/aromatic N) is 6. The molecule has 2 aromatic heterocycles. The van der Waals surface area contributed by atoms with E-state index in [2.05, 4.69) is 32.6 Å². The first-order valence-electron chi connectivity index (χ1n) is 11.6. The first kappa shape index (κ1) is 21.2. The predicted octanol–water partition coefficient (Wildman–Crippen LogP) is 1.98. The summed E-state index contributed by atoms with van der Waals surface area (Å²) in [6, 6.07) is 6.02. The minimum Gasteiger partial charge on any atom is -0.383 e. The van der Waals surface area contributed by atoms with Crippen LogP contribution in [0.3, 0.4) is 0 Å². The standard InChI is InChI=1S/C24H32N6O2/c1-27-23(19-5-3-4-6-21(19)26-27)16-28-9-11-29(12-10-28)18-7-8-20-22(15-18)25-17-30(24(20)31)13-14-32-2/h7-8,15,17H,3-6,9-14,16H2,1-2H3. The Morgan fingerprint density at radius 3 is 2.72 bits per heavy atom. The summed E-state index contributed by atoms with van der Waals surface area (Å²) in [5.41, 5.74) is 6.09. The average molecular weight is 437 g/mol. The molecule has 1 fully saturated rings. The number of ether oxygens (including phenoxy) is 1. The van der Waals surface area contributed by atoms with Crippen LogP contribution >= 0.6 is 0 Å². The Labute approximate surface area is 188 Å². The third-order valence-electron chi connectivity index (χ3n) is 6.90. The largest absolute Gasteiger partial charge is 0.383 e. The van der Waals surface area contributed by atoms with Gasteiger partial charge < -0.3 is 9.64 Å². The van der Waals surface area contributed by atoms with E-state index in [1.807, 2.05) is 12.1 Å². The van der Waals surface area contributed by atoms with Crippen molar-refractivity contribution in [3.63, 3.8) is 0 Å². The van der Waals surface area contributed by atoms with Crippen molar-refractivity contribution in [3.05, 3.63) is 51.8 Å². The molecule has 5 rings (SSSR count). The Bertz CT molecular complexity index is 1160. The first-order valence-corrected chi connectivity index (χ1v) is 11.6. The normalized spacial score (nSPS) is 17.1. The Balaban J connectivity index is 1.26. The highest BCUT2D eigenvalue weighted by Gasteiger charge is 2.23. The molecule has 1 aliphatic heterocycles. The molecule has 3 aromatic rings. The van der Waals surface area contributed by atoms with Gasteiger partial charge in [-0.25, -0.2) is 4.98 Å². The molecule has 0 bridgehead atoms. The Hall–Kier alpha value is -2.71. The van der Waals surface area contributed by atoms with Gasteiger partial charge in [0.2, 0.25) is 0 Å². The van der Waals surface area contributed by atoms with E-state index in [1.54, 1.807) is 18.0 Å². The van der Waals surface area contributed by atoms with E-state index in [-0.39, 0.29) is 5.56 Å². The number of anilines is 1. The Kier molecular flexibility index (Phi) is 5.97. The van der Waals surface area contributed by atoms with E-state index < -0.39 is 0 Å². The van der Waals surface area contributed by atoms with Crippen molar-refractivity contribution < 1.29 is 4.74 Å². The van der Waals surface area contributed by atoms with Crippen LogP contribution in [0.2, 0.25) is 0 Å². The van der Waals surface area contributed by atoms with Gasteiger partial charge in [0.1, 0.15) is 0 Å². The molecule has 170 valence electrons. The second kappa shape index (κ2) is 9.03. The maximum absolute atomic E-state index is 12.7. The van der Waals surface area contributed by atoms with Crippen LogP contribution in [0.25, 0.3) is 10.9 Å². The zero-order valence-corrected chi connectivity index (χ0v) is 19.1. The van der Waals surface area contributed by atoms with E-state index in [0.29, 0.717) is 18.5 Å². The lowest BCUT2D eigenvalue weighted by Crippen LogP contribution is -2.46. The third kappa shape index (κ3) is 4.04. The molecule has 0 amide bonds. The number of methoxy groups -OCH3 is 1. The van der Waals surface area contributed by atoms with Crippen molar-refractivity contribution >= 4 is 16.6 Å². The SMILES string of the molecule is COCCn1cnc2cc(N3CCN(Cc4c5c(nn4C)CCCC5)CC3)ccc2c1=O. The average Bonchev–Trinajstić information content (AvgIpc) is 3.14. The molecule has 32 heavy (non-hydrogen) atoms. The van der Waals surface area contributed by atoms with E-state index in [0.717, 1.165) is 50.3 Å². The van der Waals surface area contributed by atoms with Crippen LogP contribution in [0.1, 0.15) is 29.8 Å². The molecule has 0 unspecified atom stereocenters. The fraction of sp³-hybridized carbons (Fsp3) is 0.542. The van der Waals surface area contributed by atoms with Crippen molar-refractivity contribution in [1.29, 1.82) is 0 Å². The van der Waals surface area contributed by atoms with Crippen molar-refractivity contribution in [2.24, 2.45) is 7.05 Å². The minimum absolute atomic E-state index is 0.0112. The van der Waals surface area contributed by atoms with Crippen LogP contribution < -0.4 is 10.5 Å².